The molecule has 1 aromatic carbocycles. The normalized spacial score (nSPS) is 12.7. The molecule has 0 saturated carbocycles. The first-order valence-corrected chi connectivity index (χ1v) is 7.88. The highest BCUT2D eigenvalue weighted by atomic mass is 35.7. The SMILES string of the molecule is CCC(C)(C)c1ccc(O)c(CS(=O)(=O)Cl)c1. The maximum absolute atomic E-state index is 11.0. The van der Waals surface area contributed by atoms with E-state index in [1.54, 1.807) is 6.07 Å². The van der Waals surface area contributed by atoms with Crippen LogP contribution in [0.15, 0.2) is 18.2 Å². The monoisotopic (exact) mass is 276 g/mol. The number of halogens is 1. The molecule has 0 fully saturated rings. The molecule has 1 aromatic rings. The van der Waals surface area contributed by atoms with Crippen molar-refractivity contribution < 1.29 is 13.5 Å². The van der Waals surface area contributed by atoms with Gasteiger partial charge in [-0.1, -0.05) is 32.9 Å². The number of benzene rings is 1. The molecule has 0 aliphatic heterocycles. The topological polar surface area (TPSA) is 54.4 Å². The third-order valence-electron chi connectivity index (χ3n) is 3.07. The van der Waals surface area contributed by atoms with E-state index in [9.17, 15) is 13.5 Å². The van der Waals surface area contributed by atoms with E-state index in [1.165, 1.54) is 6.07 Å². The van der Waals surface area contributed by atoms with Crippen LogP contribution in [0.5, 0.6) is 5.75 Å². The van der Waals surface area contributed by atoms with Crippen LogP contribution in [-0.4, -0.2) is 13.5 Å². The predicted octanol–water partition coefficient (Wildman–Crippen LogP) is 3.15. The molecule has 0 heterocycles. The third-order valence-corrected chi connectivity index (χ3v) is 4.06. The summed E-state index contributed by atoms with van der Waals surface area (Å²) in [4.78, 5) is 0. The standard InChI is InChI=1S/C12H17ClO3S/c1-4-12(2,3)10-5-6-11(14)9(7-10)8-17(13,15)16/h5-7,14H,4,8H2,1-3H3. The van der Waals surface area contributed by atoms with Crippen molar-refractivity contribution >= 4 is 19.7 Å². The summed E-state index contributed by atoms with van der Waals surface area (Å²) < 4.78 is 22.1. The molecule has 17 heavy (non-hydrogen) atoms. The fraction of sp³-hybridized carbons (Fsp3) is 0.500. The van der Waals surface area contributed by atoms with Gasteiger partial charge in [-0.25, -0.2) is 8.42 Å². The van der Waals surface area contributed by atoms with Crippen molar-refractivity contribution in [1.82, 2.24) is 0 Å². The smallest absolute Gasteiger partial charge is 0.236 e. The summed E-state index contributed by atoms with van der Waals surface area (Å²) in [6.07, 6.45) is 0.921. The summed E-state index contributed by atoms with van der Waals surface area (Å²) in [5, 5.41) is 9.61. The average molecular weight is 277 g/mol. The summed E-state index contributed by atoms with van der Waals surface area (Å²) in [7, 11) is 1.54. The van der Waals surface area contributed by atoms with E-state index in [4.69, 9.17) is 10.7 Å². The Hall–Kier alpha value is -0.740. The van der Waals surface area contributed by atoms with Gasteiger partial charge in [0.25, 0.3) is 0 Å². The number of phenolic OH excluding ortho intramolecular Hbond substituents is 1. The van der Waals surface area contributed by atoms with E-state index in [2.05, 4.69) is 20.8 Å². The van der Waals surface area contributed by atoms with Crippen molar-refractivity contribution in [3.63, 3.8) is 0 Å². The zero-order valence-electron chi connectivity index (χ0n) is 10.2. The zero-order chi connectivity index (χ0) is 13.3. The van der Waals surface area contributed by atoms with E-state index >= 15 is 0 Å². The molecule has 96 valence electrons. The van der Waals surface area contributed by atoms with Gasteiger partial charge in [0.2, 0.25) is 9.05 Å². The second-order valence-corrected chi connectivity index (χ2v) is 7.54. The third kappa shape index (κ3) is 3.89. The Bertz CT molecular complexity index is 506. The van der Waals surface area contributed by atoms with Crippen LogP contribution in [0.3, 0.4) is 0 Å². The van der Waals surface area contributed by atoms with Gasteiger partial charge in [-0.2, -0.15) is 0 Å². The average Bonchev–Trinajstić information content (AvgIpc) is 2.19. The fourth-order valence-electron chi connectivity index (χ4n) is 1.51. The van der Waals surface area contributed by atoms with Crippen molar-refractivity contribution in [3.05, 3.63) is 29.3 Å². The zero-order valence-corrected chi connectivity index (χ0v) is 11.8. The second-order valence-electron chi connectivity index (χ2n) is 4.76. The summed E-state index contributed by atoms with van der Waals surface area (Å²) in [5.41, 5.74) is 1.28. The number of rotatable bonds is 4. The van der Waals surface area contributed by atoms with E-state index < -0.39 is 9.05 Å². The minimum Gasteiger partial charge on any atom is -0.508 e. The summed E-state index contributed by atoms with van der Waals surface area (Å²) >= 11 is 0. The molecule has 0 spiro atoms. The Morgan fingerprint density at radius 1 is 1.35 bits per heavy atom. The predicted molar refractivity (Wildman–Crippen MR) is 69.9 cm³/mol. The summed E-state index contributed by atoms with van der Waals surface area (Å²) in [6, 6.07) is 5.03. The van der Waals surface area contributed by atoms with Crippen LogP contribution in [0.4, 0.5) is 0 Å². The van der Waals surface area contributed by atoms with Gasteiger partial charge in [0.1, 0.15) is 5.75 Å². The Balaban J connectivity index is 3.20. The number of phenols is 1. The van der Waals surface area contributed by atoms with Crippen LogP contribution >= 0.6 is 10.7 Å². The Morgan fingerprint density at radius 3 is 2.41 bits per heavy atom. The second kappa shape index (κ2) is 4.86. The number of hydrogen-bond acceptors (Lipinski definition) is 3. The van der Waals surface area contributed by atoms with Gasteiger partial charge in [0, 0.05) is 16.2 Å². The molecule has 0 aliphatic carbocycles. The van der Waals surface area contributed by atoms with Gasteiger partial charge in [-0.15, -0.1) is 0 Å². The molecule has 0 atom stereocenters. The van der Waals surface area contributed by atoms with Gasteiger partial charge in [-0.3, -0.25) is 0 Å². The van der Waals surface area contributed by atoms with Gasteiger partial charge in [-0.05, 0) is 23.5 Å². The molecule has 3 nitrogen and oxygen atoms in total. The lowest BCUT2D eigenvalue weighted by Crippen LogP contribution is -2.15. The number of hydrogen-bond donors (Lipinski definition) is 1. The van der Waals surface area contributed by atoms with Crippen molar-refractivity contribution in [2.45, 2.75) is 38.4 Å². The Kier molecular flexibility index (Phi) is 4.10. The van der Waals surface area contributed by atoms with Crippen molar-refractivity contribution in [2.24, 2.45) is 0 Å². The highest BCUT2D eigenvalue weighted by Gasteiger charge is 2.20. The minimum atomic E-state index is -3.66. The largest absolute Gasteiger partial charge is 0.508 e. The quantitative estimate of drug-likeness (QED) is 0.860. The van der Waals surface area contributed by atoms with E-state index in [1.807, 2.05) is 6.07 Å². The molecule has 1 rings (SSSR count). The Labute approximate surface area is 107 Å². The highest BCUT2D eigenvalue weighted by molar-refractivity contribution is 8.13. The first kappa shape index (κ1) is 14.3. The molecule has 5 heteroatoms. The molecule has 0 saturated heterocycles. The molecule has 0 aromatic heterocycles. The summed E-state index contributed by atoms with van der Waals surface area (Å²) in [6.45, 7) is 6.20. The molecular formula is C12H17ClO3S. The van der Waals surface area contributed by atoms with Crippen LogP contribution in [0.25, 0.3) is 0 Å². The van der Waals surface area contributed by atoms with Crippen molar-refractivity contribution in [1.29, 1.82) is 0 Å². The lowest BCUT2D eigenvalue weighted by molar-refractivity contribution is 0.465. The van der Waals surface area contributed by atoms with E-state index in [-0.39, 0.29) is 16.9 Å². The first-order chi connectivity index (χ1) is 7.65. The lowest BCUT2D eigenvalue weighted by Gasteiger charge is -2.24. The molecule has 0 amide bonds. The Morgan fingerprint density at radius 2 is 1.94 bits per heavy atom. The molecule has 1 N–H and O–H groups in total. The van der Waals surface area contributed by atoms with Gasteiger partial charge < -0.3 is 5.11 Å². The molecule has 0 bridgehead atoms. The van der Waals surface area contributed by atoms with E-state index in [0.717, 1.165) is 12.0 Å². The van der Waals surface area contributed by atoms with Gasteiger partial charge >= 0.3 is 0 Å². The summed E-state index contributed by atoms with van der Waals surface area (Å²) in [5.74, 6) is -0.390. The molecule has 0 radical (unpaired) electrons. The van der Waals surface area contributed by atoms with Crippen LogP contribution in [0.2, 0.25) is 0 Å². The van der Waals surface area contributed by atoms with Crippen LogP contribution in [0, 0.1) is 0 Å². The van der Waals surface area contributed by atoms with Gasteiger partial charge in [0.15, 0.2) is 0 Å². The molecular weight excluding hydrogens is 260 g/mol. The van der Waals surface area contributed by atoms with E-state index in [0.29, 0.717) is 5.56 Å². The van der Waals surface area contributed by atoms with Crippen LogP contribution in [-0.2, 0) is 20.2 Å². The van der Waals surface area contributed by atoms with Gasteiger partial charge in [0.05, 0.1) is 5.75 Å². The van der Waals surface area contributed by atoms with Crippen LogP contribution in [0.1, 0.15) is 38.3 Å². The maximum atomic E-state index is 11.0. The number of aromatic hydroxyl groups is 1. The molecule has 0 unspecified atom stereocenters. The minimum absolute atomic E-state index is 0.0371. The fourth-order valence-corrected chi connectivity index (χ4v) is 2.47. The molecule has 0 aliphatic rings. The highest BCUT2D eigenvalue weighted by Crippen LogP contribution is 2.31. The van der Waals surface area contributed by atoms with Crippen LogP contribution < -0.4 is 0 Å². The first-order valence-electron chi connectivity index (χ1n) is 5.40. The van der Waals surface area contributed by atoms with Crippen molar-refractivity contribution in [2.75, 3.05) is 0 Å². The lowest BCUT2D eigenvalue weighted by atomic mass is 9.81. The maximum Gasteiger partial charge on any atom is 0.236 e. The van der Waals surface area contributed by atoms with Crippen molar-refractivity contribution in [3.8, 4) is 5.75 Å².